The number of hydrogen-bond donors (Lipinski definition) is 0. The summed E-state index contributed by atoms with van der Waals surface area (Å²) in [6.45, 7) is 7.84. The molecule has 0 aliphatic carbocycles. The molecule has 172 valence electrons. The van der Waals surface area contributed by atoms with Crippen molar-refractivity contribution >= 4 is 10.9 Å². The third-order valence-electron chi connectivity index (χ3n) is 5.26. The number of pyridine rings is 3. The summed E-state index contributed by atoms with van der Waals surface area (Å²) < 4.78 is 32.0. The van der Waals surface area contributed by atoms with Gasteiger partial charge in [0.05, 0.1) is 11.2 Å². The van der Waals surface area contributed by atoms with E-state index in [0.717, 1.165) is 47.1 Å². The molecule has 1 fully saturated rings. The third-order valence-corrected chi connectivity index (χ3v) is 5.26. The van der Waals surface area contributed by atoms with Gasteiger partial charge in [0.2, 0.25) is 0 Å². The number of ether oxygens (including phenoxy) is 1. The predicted molar refractivity (Wildman–Crippen MR) is 128 cm³/mol. The summed E-state index contributed by atoms with van der Waals surface area (Å²) in [4.78, 5) is 12.7. The molecule has 0 spiro atoms. The van der Waals surface area contributed by atoms with Crippen LogP contribution < -0.4 is 0 Å². The summed E-state index contributed by atoms with van der Waals surface area (Å²) >= 11 is 0. The Bertz CT molecular complexity index is 1170. The van der Waals surface area contributed by atoms with E-state index >= 15 is 0 Å². The van der Waals surface area contributed by atoms with Crippen LogP contribution in [0.2, 0.25) is 0 Å². The van der Waals surface area contributed by atoms with Crippen molar-refractivity contribution in [3.05, 3.63) is 89.5 Å². The fraction of sp³-hybridized carbons (Fsp3) is 0.296. The summed E-state index contributed by atoms with van der Waals surface area (Å²) in [5.74, 6) is -1.22. The minimum atomic E-state index is -0.622. The Hall–Kier alpha value is -3.25. The lowest BCUT2D eigenvalue weighted by atomic mass is 10.0. The lowest BCUT2D eigenvalue weighted by Crippen LogP contribution is -2.03. The molecule has 4 nitrogen and oxygen atoms in total. The molecule has 0 N–H and O–H groups in total. The van der Waals surface area contributed by atoms with Crippen molar-refractivity contribution in [1.82, 2.24) is 15.0 Å². The van der Waals surface area contributed by atoms with Crippen LogP contribution >= 0.6 is 0 Å². The lowest BCUT2D eigenvalue weighted by Gasteiger charge is -2.09. The molecule has 0 atom stereocenters. The molecule has 0 unspecified atom stereocenters. The average molecular weight is 450 g/mol. The Morgan fingerprint density at radius 2 is 1.61 bits per heavy atom. The minimum absolute atomic E-state index is 0.280. The van der Waals surface area contributed by atoms with Gasteiger partial charge in [0, 0.05) is 54.0 Å². The summed E-state index contributed by atoms with van der Waals surface area (Å²) in [5.41, 5.74) is 4.52. The van der Waals surface area contributed by atoms with Crippen LogP contribution in [-0.2, 0) is 4.74 Å². The highest BCUT2D eigenvalue weighted by molar-refractivity contribution is 5.92. The molecule has 0 bridgehead atoms. The highest BCUT2D eigenvalue weighted by Crippen LogP contribution is 2.29. The van der Waals surface area contributed by atoms with Crippen molar-refractivity contribution in [3.63, 3.8) is 0 Å². The molecule has 6 heteroatoms. The maximum atomic E-state index is 13.9. The van der Waals surface area contributed by atoms with Crippen molar-refractivity contribution in [1.29, 1.82) is 0 Å². The number of aromatic nitrogens is 3. The van der Waals surface area contributed by atoms with E-state index in [1.807, 2.05) is 45.0 Å². The molecule has 5 rings (SSSR count). The van der Waals surface area contributed by atoms with Crippen LogP contribution in [0.1, 0.15) is 36.2 Å². The third kappa shape index (κ3) is 7.12. The maximum Gasteiger partial charge on any atom is 0.135 e. The Kier molecular flexibility index (Phi) is 8.95. The van der Waals surface area contributed by atoms with Gasteiger partial charge < -0.3 is 4.74 Å². The van der Waals surface area contributed by atoms with Crippen LogP contribution in [0.15, 0.2) is 60.9 Å². The van der Waals surface area contributed by atoms with E-state index < -0.39 is 11.6 Å². The van der Waals surface area contributed by atoms with E-state index in [2.05, 4.69) is 15.0 Å². The van der Waals surface area contributed by atoms with E-state index in [4.69, 9.17) is 4.74 Å². The number of hydrogen-bond acceptors (Lipinski definition) is 4. The average Bonchev–Trinajstić information content (AvgIpc) is 2.82. The molecule has 33 heavy (non-hydrogen) atoms. The SMILES string of the molecule is C1CCOCC1.Cc1cc2c(-c3ccc(F)cc3F)nccc2nc1C.Cc1ccccn1. The summed E-state index contributed by atoms with van der Waals surface area (Å²) in [5, 5.41) is 0.765. The van der Waals surface area contributed by atoms with Crippen molar-refractivity contribution in [2.24, 2.45) is 0 Å². The molecule has 0 amide bonds. The maximum absolute atomic E-state index is 13.9. The zero-order valence-corrected chi connectivity index (χ0v) is 19.3. The number of fused-ring (bicyclic) bond motifs is 1. The Labute approximate surface area is 193 Å². The summed E-state index contributed by atoms with van der Waals surface area (Å²) in [6.07, 6.45) is 7.30. The largest absolute Gasteiger partial charge is 0.381 e. The topological polar surface area (TPSA) is 47.9 Å². The highest BCUT2D eigenvalue weighted by atomic mass is 19.1. The lowest BCUT2D eigenvalue weighted by molar-refractivity contribution is 0.0968. The molecule has 0 radical (unpaired) electrons. The number of rotatable bonds is 1. The summed E-state index contributed by atoms with van der Waals surface area (Å²) in [6, 6.07) is 13.1. The second kappa shape index (κ2) is 12.1. The van der Waals surface area contributed by atoms with Gasteiger partial charge in [-0.25, -0.2) is 8.78 Å². The molecule has 4 aromatic rings. The smallest absolute Gasteiger partial charge is 0.135 e. The van der Waals surface area contributed by atoms with Gasteiger partial charge in [-0.2, -0.15) is 0 Å². The zero-order chi connectivity index (χ0) is 23.6. The predicted octanol–water partition coefficient (Wildman–Crippen LogP) is 6.77. The molecule has 0 saturated carbocycles. The van der Waals surface area contributed by atoms with Gasteiger partial charge in [0.15, 0.2) is 0 Å². The van der Waals surface area contributed by atoms with Crippen LogP contribution in [-0.4, -0.2) is 28.2 Å². The minimum Gasteiger partial charge on any atom is -0.381 e. The van der Waals surface area contributed by atoms with E-state index in [0.29, 0.717) is 5.69 Å². The van der Waals surface area contributed by atoms with Gasteiger partial charge in [0.25, 0.3) is 0 Å². The molecule has 1 aromatic carbocycles. The number of aryl methyl sites for hydroxylation is 3. The van der Waals surface area contributed by atoms with Gasteiger partial charge in [0.1, 0.15) is 11.6 Å². The Morgan fingerprint density at radius 1 is 0.818 bits per heavy atom. The van der Waals surface area contributed by atoms with Crippen LogP contribution in [0.5, 0.6) is 0 Å². The van der Waals surface area contributed by atoms with Crippen LogP contribution in [0, 0.1) is 32.4 Å². The Morgan fingerprint density at radius 3 is 2.15 bits per heavy atom. The molecular weight excluding hydrogens is 420 g/mol. The zero-order valence-electron chi connectivity index (χ0n) is 19.3. The van der Waals surface area contributed by atoms with Crippen LogP contribution in [0.25, 0.3) is 22.2 Å². The fourth-order valence-electron chi connectivity index (χ4n) is 3.32. The first-order chi connectivity index (χ1) is 16.0. The van der Waals surface area contributed by atoms with E-state index in [1.54, 1.807) is 18.5 Å². The quantitative estimate of drug-likeness (QED) is 0.322. The van der Waals surface area contributed by atoms with Gasteiger partial charge in [-0.05, 0) is 82.0 Å². The number of nitrogens with zero attached hydrogens (tertiary/aromatic N) is 3. The van der Waals surface area contributed by atoms with Crippen molar-refractivity contribution in [2.75, 3.05) is 13.2 Å². The summed E-state index contributed by atoms with van der Waals surface area (Å²) in [7, 11) is 0. The van der Waals surface area contributed by atoms with Gasteiger partial charge >= 0.3 is 0 Å². The van der Waals surface area contributed by atoms with Gasteiger partial charge in [-0.3, -0.25) is 15.0 Å². The normalized spacial score (nSPS) is 12.9. The monoisotopic (exact) mass is 449 g/mol. The molecule has 3 aromatic heterocycles. The number of benzene rings is 1. The molecule has 1 aliphatic heterocycles. The Balaban J connectivity index is 0.000000191. The van der Waals surface area contributed by atoms with Crippen LogP contribution in [0.3, 0.4) is 0 Å². The first-order valence-corrected chi connectivity index (χ1v) is 11.1. The van der Waals surface area contributed by atoms with Crippen molar-refractivity contribution < 1.29 is 13.5 Å². The molecule has 1 aliphatic rings. The van der Waals surface area contributed by atoms with Crippen molar-refractivity contribution in [3.8, 4) is 11.3 Å². The van der Waals surface area contributed by atoms with E-state index in [1.165, 1.54) is 31.4 Å². The van der Waals surface area contributed by atoms with Gasteiger partial charge in [-0.15, -0.1) is 0 Å². The second-order valence-electron chi connectivity index (χ2n) is 7.89. The van der Waals surface area contributed by atoms with Gasteiger partial charge in [-0.1, -0.05) is 6.07 Å². The van der Waals surface area contributed by atoms with Crippen molar-refractivity contribution in [2.45, 2.75) is 40.0 Å². The fourth-order valence-corrected chi connectivity index (χ4v) is 3.32. The molecular formula is C27H29F2N3O. The first kappa shape index (κ1) is 24.4. The van der Waals surface area contributed by atoms with Crippen LogP contribution in [0.4, 0.5) is 8.78 Å². The number of halogens is 2. The molecule has 1 saturated heterocycles. The highest BCUT2D eigenvalue weighted by Gasteiger charge is 2.12. The molecule has 4 heterocycles. The van der Waals surface area contributed by atoms with E-state index in [9.17, 15) is 8.78 Å². The first-order valence-electron chi connectivity index (χ1n) is 11.1. The standard InChI is InChI=1S/C16H12F2N2.C6H7N.C5H10O/c1-9-7-13-15(20-10(9)2)5-6-19-16(13)12-4-3-11(17)8-14(12)18;1-6-4-2-3-5-7-6;1-2-4-6-5-3-1/h3-8H,1-2H3;2-5H,1H3;1-5H2. The second-order valence-corrected chi connectivity index (χ2v) is 7.89. The van der Waals surface area contributed by atoms with E-state index in [-0.39, 0.29) is 5.56 Å².